The Kier molecular flexibility index (Phi) is 2.48. The van der Waals surface area contributed by atoms with E-state index < -0.39 is 29.2 Å². The van der Waals surface area contributed by atoms with Gasteiger partial charge < -0.3 is 0 Å². The highest BCUT2D eigenvalue weighted by Gasteiger charge is 2.23. The molecule has 0 unspecified atom stereocenters. The molecular formula is C12H5F4N3. The predicted octanol–water partition coefficient (Wildman–Crippen LogP) is 2.98. The molecule has 3 aromatic rings. The number of hydrogen-bond donors (Lipinski definition) is 0. The number of rotatable bonds is 1. The van der Waals surface area contributed by atoms with Gasteiger partial charge in [0.1, 0.15) is 12.0 Å². The Bertz CT molecular complexity index is 756. The first-order chi connectivity index (χ1) is 9.09. The average molecular weight is 267 g/mol. The third-order valence-electron chi connectivity index (χ3n) is 2.67. The van der Waals surface area contributed by atoms with Gasteiger partial charge in [0.2, 0.25) is 11.6 Å². The number of fused-ring (bicyclic) bond motifs is 1. The van der Waals surface area contributed by atoms with Crippen LogP contribution < -0.4 is 0 Å². The van der Waals surface area contributed by atoms with Crippen LogP contribution in [0.5, 0.6) is 0 Å². The fraction of sp³-hybridized carbons (Fsp3) is 0. The van der Waals surface area contributed by atoms with Crippen LogP contribution in [-0.4, -0.2) is 14.5 Å². The largest absolute Gasteiger partial charge is 0.293 e. The molecule has 2 heterocycles. The van der Waals surface area contributed by atoms with Gasteiger partial charge in [0.25, 0.3) is 11.9 Å². The van der Waals surface area contributed by atoms with Crippen molar-refractivity contribution < 1.29 is 17.6 Å². The Balaban J connectivity index is 2.39. The Morgan fingerprint density at radius 3 is 2.21 bits per heavy atom. The van der Waals surface area contributed by atoms with Crippen molar-refractivity contribution in [3.63, 3.8) is 0 Å². The van der Waals surface area contributed by atoms with Crippen molar-refractivity contribution in [2.24, 2.45) is 0 Å². The van der Waals surface area contributed by atoms with Gasteiger partial charge in [-0.25, -0.2) is 4.98 Å². The van der Waals surface area contributed by atoms with Crippen LogP contribution >= 0.6 is 0 Å². The maximum absolute atomic E-state index is 13.6. The van der Waals surface area contributed by atoms with Gasteiger partial charge >= 0.3 is 0 Å². The molecule has 0 aliphatic carbocycles. The summed E-state index contributed by atoms with van der Waals surface area (Å²) in [4.78, 5) is 6.41. The molecule has 0 bridgehead atoms. The normalized spacial score (nSPS) is 11.2. The number of nitrogens with zero attached hydrogens (tertiary/aromatic N) is 3. The average Bonchev–Trinajstić information content (AvgIpc) is 2.81. The minimum atomic E-state index is -1.70. The van der Waals surface area contributed by atoms with E-state index in [-0.39, 0.29) is 0 Å². The molecule has 3 rings (SSSR count). The minimum Gasteiger partial charge on any atom is -0.293 e. The Labute approximate surface area is 104 Å². The van der Waals surface area contributed by atoms with Gasteiger partial charge in [-0.05, 0) is 12.1 Å². The van der Waals surface area contributed by atoms with Crippen molar-refractivity contribution in [1.82, 2.24) is 14.5 Å². The maximum atomic E-state index is 13.6. The lowest BCUT2D eigenvalue weighted by Crippen LogP contribution is -2.08. The highest BCUT2D eigenvalue weighted by Crippen LogP contribution is 2.24. The second-order valence-corrected chi connectivity index (χ2v) is 3.77. The first kappa shape index (κ1) is 11.6. The van der Waals surface area contributed by atoms with Gasteiger partial charge in [-0.15, -0.1) is 0 Å². The highest BCUT2D eigenvalue weighted by atomic mass is 19.2. The standard InChI is InChI=1S/C12H5F4N3/c13-8-10(9(14)12(16)18-11(8)15)19-5-17-6-3-1-2-4-7(6)19/h1-5H. The van der Waals surface area contributed by atoms with Crippen LogP contribution in [0, 0.1) is 23.5 Å². The summed E-state index contributed by atoms with van der Waals surface area (Å²) in [5.74, 6) is -6.54. The number of pyridine rings is 1. The van der Waals surface area contributed by atoms with Crippen molar-refractivity contribution in [3.05, 3.63) is 54.1 Å². The smallest absolute Gasteiger partial charge is 0.253 e. The lowest BCUT2D eigenvalue weighted by atomic mass is 10.3. The summed E-state index contributed by atoms with van der Waals surface area (Å²) in [7, 11) is 0. The lowest BCUT2D eigenvalue weighted by Gasteiger charge is -2.07. The van der Waals surface area contributed by atoms with Crippen molar-refractivity contribution in [1.29, 1.82) is 0 Å². The fourth-order valence-electron chi connectivity index (χ4n) is 1.82. The van der Waals surface area contributed by atoms with Crippen LogP contribution in [0.15, 0.2) is 30.6 Å². The monoisotopic (exact) mass is 267 g/mol. The molecule has 0 aliphatic heterocycles. The molecule has 0 saturated heterocycles. The van der Waals surface area contributed by atoms with Crippen molar-refractivity contribution in [3.8, 4) is 5.69 Å². The van der Waals surface area contributed by atoms with E-state index in [1.165, 1.54) is 6.07 Å². The molecule has 0 aliphatic rings. The second kappa shape index (κ2) is 4.04. The first-order valence-corrected chi connectivity index (χ1v) is 5.22. The number of hydrogen-bond acceptors (Lipinski definition) is 2. The topological polar surface area (TPSA) is 30.7 Å². The van der Waals surface area contributed by atoms with E-state index in [9.17, 15) is 17.6 Å². The van der Waals surface area contributed by atoms with Crippen LogP contribution in [0.3, 0.4) is 0 Å². The number of imidazole rings is 1. The molecule has 2 aromatic heterocycles. The van der Waals surface area contributed by atoms with E-state index >= 15 is 0 Å². The van der Waals surface area contributed by atoms with Gasteiger partial charge in [-0.2, -0.15) is 22.5 Å². The van der Waals surface area contributed by atoms with Gasteiger partial charge in [0.05, 0.1) is 11.0 Å². The van der Waals surface area contributed by atoms with Crippen LogP contribution in [0.2, 0.25) is 0 Å². The van der Waals surface area contributed by atoms with Crippen molar-refractivity contribution in [2.45, 2.75) is 0 Å². The van der Waals surface area contributed by atoms with E-state index in [4.69, 9.17) is 0 Å². The zero-order valence-corrected chi connectivity index (χ0v) is 9.24. The van der Waals surface area contributed by atoms with Crippen LogP contribution in [0.4, 0.5) is 17.6 Å². The zero-order valence-electron chi connectivity index (χ0n) is 9.24. The minimum absolute atomic E-state index is 0.324. The van der Waals surface area contributed by atoms with Crippen molar-refractivity contribution in [2.75, 3.05) is 0 Å². The van der Waals surface area contributed by atoms with E-state index in [1.54, 1.807) is 18.2 Å². The third kappa shape index (κ3) is 1.66. The Morgan fingerprint density at radius 1 is 0.895 bits per heavy atom. The van der Waals surface area contributed by atoms with Gasteiger partial charge in [-0.3, -0.25) is 4.57 Å². The molecule has 0 radical (unpaired) electrons. The number of para-hydroxylation sites is 2. The number of halogens is 4. The van der Waals surface area contributed by atoms with Gasteiger partial charge in [0.15, 0.2) is 0 Å². The summed E-state index contributed by atoms with van der Waals surface area (Å²) in [6, 6.07) is 6.43. The third-order valence-corrected chi connectivity index (χ3v) is 2.67. The molecule has 0 saturated carbocycles. The van der Waals surface area contributed by atoms with E-state index in [0.29, 0.717) is 11.0 Å². The quantitative estimate of drug-likeness (QED) is 0.501. The predicted molar refractivity (Wildman–Crippen MR) is 58.7 cm³/mol. The molecule has 3 nitrogen and oxygen atoms in total. The zero-order chi connectivity index (χ0) is 13.6. The molecule has 0 N–H and O–H groups in total. The molecule has 0 atom stereocenters. The van der Waals surface area contributed by atoms with Crippen LogP contribution in [0.1, 0.15) is 0 Å². The summed E-state index contributed by atoms with van der Waals surface area (Å²) in [6.07, 6.45) is 1.09. The molecule has 0 fully saturated rings. The molecule has 96 valence electrons. The van der Waals surface area contributed by atoms with Crippen LogP contribution in [0.25, 0.3) is 16.7 Å². The summed E-state index contributed by atoms with van der Waals surface area (Å²) in [6.45, 7) is 0. The fourth-order valence-corrected chi connectivity index (χ4v) is 1.82. The molecular weight excluding hydrogens is 262 g/mol. The molecule has 19 heavy (non-hydrogen) atoms. The van der Waals surface area contributed by atoms with E-state index in [2.05, 4.69) is 9.97 Å². The summed E-state index contributed by atoms with van der Waals surface area (Å²) in [5, 5.41) is 0. The lowest BCUT2D eigenvalue weighted by molar-refractivity contribution is 0.403. The maximum Gasteiger partial charge on any atom is 0.253 e. The molecule has 0 spiro atoms. The van der Waals surface area contributed by atoms with Crippen LogP contribution in [-0.2, 0) is 0 Å². The number of aromatic nitrogens is 3. The van der Waals surface area contributed by atoms with Gasteiger partial charge in [0, 0.05) is 0 Å². The van der Waals surface area contributed by atoms with E-state index in [1.807, 2.05) is 0 Å². The molecule has 0 amide bonds. The molecule has 7 heteroatoms. The second-order valence-electron chi connectivity index (χ2n) is 3.77. The summed E-state index contributed by atoms with van der Waals surface area (Å²) >= 11 is 0. The Morgan fingerprint density at radius 2 is 1.53 bits per heavy atom. The van der Waals surface area contributed by atoms with Gasteiger partial charge in [-0.1, -0.05) is 12.1 Å². The highest BCUT2D eigenvalue weighted by molar-refractivity contribution is 5.77. The SMILES string of the molecule is Fc1nc(F)c(F)c(-n2cnc3ccccc32)c1F. The first-order valence-electron chi connectivity index (χ1n) is 5.22. The number of benzene rings is 1. The van der Waals surface area contributed by atoms with Crippen molar-refractivity contribution >= 4 is 11.0 Å². The summed E-state index contributed by atoms with van der Waals surface area (Å²) in [5.41, 5.74) is -0.108. The van der Waals surface area contributed by atoms with E-state index in [0.717, 1.165) is 10.9 Å². The summed E-state index contributed by atoms with van der Waals surface area (Å²) < 4.78 is 54.4. The Hall–Kier alpha value is -2.44. The molecule has 1 aromatic carbocycles.